The van der Waals surface area contributed by atoms with E-state index >= 15 is 0 Å². The zero-order valence-corrected chi connectivity index (χ0v) is 17.5. The Labute approximate surface area is 173 Å². The molecule has 0 spiro atoms. The fourth-order valence-electron chi connectivity index (χ4n) is 7.20. The molecule has 3 heteroatoms. The third-order valence-electron chi connectivity index (χ3n) is 8.00. The number of benzene rings is 2. The summed E-state index contributed by atoms with van der Waals surface area (Å²) in [6.07, 6.45) is 10.6. The first-order chi connectivity index (χ1) is 14.1. The van der Waals surface area contributed by atoms with Gasteiger partial charge in [-0.2, -0.15) is 4.58 Å². The highest BCUT2D eigenvalue weighted by Crippen LogP contribution is 2.62. The normalized spacial score (nSPS) is 31.8. The zero-order valence-electron chi connectivity index (χ0n) is 17.5. The smallest absolute Gasteiger partial charge is 0.292 e. The molecule has 1 aliphatic heterocycles. The van der Waals surface area contributed by atoms with Gasteiger partial charge in [0.25, 0.3) is 6.73 Å². The van der Waals surface area contributed by atoms with Gasteiger partial charge in [0, 0.05) is 17.2 Å². The monoisotopic (exact) mass is 388 g/mol. The first-order valence-electron chi connectivity index (χ1n) is 11.2. The molecule has 4 fully saturated rings. The summed E-state index contributed by atoms with van der Waals surface area (Å²) in [4.78, 5) is 0. The minimum atomic E-state index is 0.298. The van der Waals surface area contributed by atoms with E-state index in [2.05, 4.69) is 54.1 Å². The predicted molar refractivity (Wildman–Crippen MR) is 115 cm³/mol. The molecule has 7 rings (SSSR count). The molecule has 0 unspecified atom stereocenters. The third kappa shape index (κ3) is 2.73. The van der Waals surface area contributed by atoms with E-state index in [1.807, 2.05) is 0 Å². The molecule has 5 aliphatic rings. The molecule has 0 aromatic heterocycles. The second kappa shape index (κ2) is 6.35. The van der Waals surface area contributed by atoms with Crippen LogP contribution in [-0.4, -0.2) is 24.6 Å². The van der Waals surface area contributed by atoms with Crippen LogP contribution in [0.3, 0.4) is 0 Å². The highest BCUT2D eigenvalue weighted by atomic mass is 16.5. The van der Waals surface area contributed by atoms with Gasteiger partial charge in [0.2, 0.25) is 5.69 Å². The quantitative estimate of drug-likeness (QED) is 0.640. The molecule has 150 valence electrons. The van der Waals surface area contributed by atoms with E-state index in [-0.39, 0.29) is 0 Å². The lowest BCUT2D eigenvalue weighted by molar-refractivity contribution is -0.476. The Morgan fingerprint density at radius 3 is 2.34 bits per heavy atom. The lowest BCUT2D eigenvalue weighted by Crippen LogP contribution is -2.48. The Morgan fingerprint density at radius 2 is 1.69 bits per heavy atom. The van der Waals surface area contributed by atoms with Crippen molar-refractivity contribution in [3.63, 3.8) is 0 Å². The molecule has 2 aromatic rings. The van der Waals surface area contributed by atoms with E-state index in [1.165, 1.54) is 55.3 Å². The van der Waals surface area contributed by atoms with Gasteiger partial charge < -0.3 is 9.47 Å². The van der Waals surface area contributed by atoms with Crippen molar-refractivity contribution in [1.29, 1.82) is 0 Å². The number of para-hydroxylation sites is 1. The summed E-state index contributed by atoms with van der Waals surface area (Å²) >= 11 is 0. The van der Waals surface area contributed by atoms with Crippen LogP contribution in [0.1, 0.15) is 55.2 Å². The van der Waals surface area contributed by atoms with Crippen LogP contribution in [-0.2, 0) is 5.41 Å². The minimum absolute atomic E-state index is 0.298. The molecule has 0 atom stereocenters. The topological polar surface area (TPSA) is 21.5 Å². The van der Waals surface area contributed by atoms with Crippen LogP contribution in [0.15, 0.2) is 36.4 Å². The van der Waals surface area contributed by atoms with Crippen LogP contribution >= 0.6 is 0 Å². The van der Waals surface area contributed by atoms with Crippen LogP contribution in [0, 0.1) is 24.7 Å². The molecule has 4 bridgehead atoms. The van der Waals surface area contributed by atoms with Crippen molar-refractivity contribution in [2.45, 2.75) is 50.9 Å². The second-order valence-corrected chi connectivity index (χ2v) is 9.95. The lowest BCUT2D eigenvalue weighted by atomic mass is 9.48. The van der Waals surface area contributed by atoms with Gasteiger partial charge in [-0.1, -0.05) is 18.2 Å². The largest absolute Gasteiger partial charge is 0.497 e. The molecule has 2 aromatic carbocycles. The molecule has 4 saturated carbocycles. The number of hydrogen-bond donors (Lipinski definition) is 0. The summed E-state index contributed by atoms with van der Waals surface area (Å²) in [5, 5.41) is 0. The molecule has 3 nitrogen and oxygen atoms in total. The average Bonchev–Trinajstić information content (AvgIpc) is 2.72. The molecule has 1 heterocycles. The Kier molecular flexibility index (Phi) is 3.85. The molecule has 29 heavy (non-hydrogen) atoms. The average molecular weight is 389 g/mol. The molecule has 4 aliphatic carbocycles. The van der Waals surface area contributed by atoms with Gasteiger partial charge in [0.05, 0.1) is 12.7 Å². The Bertz CT molecular complexity index is 970. The van der Waals surface area contributed by atoms with Crippen molar-refractivity contribution in [2.75, 3.05) is 13.8 Å². The SMILES string of the molecule is COc1cc2c(c(C34CC5CC(CC(C5)C3)C4)c1)OC[N+](c1ccccc1C)=C2. The highest BCUT2D eigenvalue weighted by Gasteiger charge is 2.53. The van der Waals surface area contributed by atoms with Gasteiger partial charge >= 0.3 is 0 Å². The van der Waals surface area contributed by atoms with E-state index in [0.29, 0.717) is 12.1 Å². The van der Waals surface area contributed by atoms with E-state index in [4.69, 9.17) is 9.47 Å². The predicted octanol–water partition coefficient (Wildman–Crippen LogP) is 5.58. The fourth-order valence-corrected chi connectivity index (χ4v) is 7.20. The van der Waals surface area contributed by atoms with Gasteiger partial charge in [-0.3, -0.25) is 0 Å². The second-order valence-electron chi connectivity index (χ2n) is 9.95. The number of hydrogen-bond acceptors (Lipinski definition) is 2. The number of nitrogens with zero attached hydrogens (tertiary/aromatic N) is 1. The maximum Gasteiger partial charge on any atom is 0.292 e. The van der Waals surface area contributed by atoms with Gasteiger partial charge in [0.1, 0.15) is 11.5 Å². The molecule has 0 amide bonds. The number of methoxy groups -OCH3 is 1. The van der Waals surface area contributed by atoms with Crippen LogP contribution in [0.5, 0.6) is 11.5 Å². The Hall–Kier alpha value is -2.29. The first kappa shape index (κ1) is 17.6. The van der Waals surface area contributed by atoms with Crippen molar-refractivity contribution >= 4 is 11.9 Å². The summed E-state index contributed by atoms with van der Waals surface area (Å²) in [6, 6.07) is 12.9. The van der Waals surface area contributed by atoms with Gasteiger partial charge in [-0.15, -0.1) is 0 Å². The van der Waals surface area contributed by atoms with Gasteiger partial charge in [-0.05, 0) is 80.8 Å². The summed E-state index contributed by atoms with van der Waals surface area (Å²) < 4.78 is 14.5. The Morgan fingerprint density at radius 1 is 1.00 bits per heavy atom. The van der Waals surface area contributed by atoms with Crippen molar-refractivity contribution in [3.8, 4) is 11.5 Å². The highest BCUT2D eigenvalue weighted by molar-refractivity contribution is 5.84. The minimum Gasteiger partial charge on any atom is -0.497 e. The number of fused-ring (bicyclic) bond motifs is 1. The molecule has 0 N–H and O–H groups in total. The summed E-state index contributed by atoms with van der Waals surface area (Å²) in [6.45, 7) is 2.73. The van der Waals surface area contributed by atoms with Crippen molar-refractivity contribution in [1.82, 2.24) is 0 Å². The standard InChI is InChI=1S/C26H30NO2/c1-17-5-3-4-6-24(17)27-15-21-10-22(28-2)11-23(25(21)29-16-27)26-12-18-7-19(13-26)9-20(8-18)14-26/h3-6,10-11,15,18-20H,7-9,12-14,16H2,1-2H3/q+1. The first-order valence-corrected chi connectivity index (χ1v) is 11.2. The van der Waals surface area contributed by atoms with Crippen LogP contribution in [0.2, 0.25) is 0 Å². The molecule has 0 radical (unpaired) electrons. The number of ether oxygens (including phenoxy) is 2. The van der Waals surface area contributed by atoms with Gasteiger partial charge in [-0.25, -0.2) is 0 Å². The maximum atomic E-state index is 6.50. The van der Waals surface area contributed by atoms with Crippen LogP contribution in [0.4, 0.5) is 5.69 Å². The molecule has 0 saturated heterocycles. The molecular weight excluding hydrogens is 358 g/mol. The summed E-state index contributed by atoms with van der Waals surface area (Å²) in [5.41, 5.74) is 5.35. The van der Waals surface area contributed by atoms with Crippen molar-refractivity contribution in [2.24, 2.45) is 17.8 Å². The number of rotatable bonds is 3. The van der Waals surface area contributed by atoms with E-state index in [1.54, 1.807) is 7.11 Å². The fraction of sp³-hybridized carbons (Fsp3) is 0.500. The maximum absolute atomic E-state index is 6.50. The van der Waals surface area contributed by atoms with Crippen LogP contribution < -0.4 is 9.47 Å². The van der Waals surface area contributed by atoms with Gasteiger partial charge in [0.15, 0.2) is 6.21 Å². The number of aryl methyl sites for hydroxylation is 1. The summed E-state index contributed by atoms with van der Waals surface area (Å²) in [7, 11) is 1.79. The van der Waals surface area contributed by atoms with E-state index in [9.17, 15) is 0 Å². The third-order valence-corrected chi connectivity index (χ3v) is 8.00. The van der Waals surface area contributed by atoms with E-state index in [0.717, 1.165) is 34.8 Å². The summed E-state index contributed by atoms with van der Waals surface area (Å²) in [5.74, 6) is 4.82. The van der Waals surface area contributed by atoms with Crippen molar-refractivity contribution in [3.05, 3.63) is 53.1 Å². The lowest BCUT2D eigenvalue weighted by Gasteiger charge is -2.57. The molecular formula is C26H30NO2+. The van der Waals surface area contributed by atoms with E-state index < -0.39 is 0 Å². The zero-order chi connectivity index (χ0) is 19.6. The Balaban J connectivity index is 1.48. The van der Waals surface area contributed by atoms with Crippen molar-refractivity contribution < 1.29 is 14.0 Å². The van der Waals surface area contributed by atoms with Crippen LogP contribution in [0.25, 0.3) is 0 Å².